The van der Waals surface area contributed by atoms with Crippen molar-refractivity contribution in [2.24, 2.45) is 5.92 Å². The van der Waals surface area contributed by atoms with Crippen LogP contribution in [-0.2, 0) is 11.3 Å². The van der Waals surface area contributed by atoms with Gasteiger partial charge in [-0.15, -0.1) is 0 Å². The lowest BCUT2D eigenvalue weighted by Gasteiger charge is -2.25. The molecule has 1 amide bonds. The first-order valence-corrected chi connectivity index (χ1v) is 7.59. The lowest BCUT2D eigenvalue weighted by molar-refractivity contribution is -0.144. The van der Waals surface area contributed by atoms with Crippen LogP contribution < -0.4 is 5.32 Å². The standard InChI is InChI=1S/C15H16ClN3O4/c1-15(14(21)22,9-2-3-9)18-13(20)12-5-4-11(23-12)8-19-7-10(16)6-17-19/h4-7,9H,2-3,8H2,1H3,(H,18,20)(H,21,22). The number of amides is 1. The maximum absolute atomic E-state index is 12.3. The molecule has 2 aromatic rings. The maximum Gasteiger partial charge on any atom is 0.329 e. The van der Waals surface area contributed by atoms with Gasteiger partial charge in [-0.2, -0.15) is 5.10 Å². The molecule has 2 aromatic heterocycles. The SMILES string of the molecule is CC(NC(=O)c1ccc(Cn2cc(Cl)cn2)o1)(C(=O)O)C1CC1. The van der Waals surface area contributed by atoms with E-state index in [1.165, 1.54) is 19.2 Å². The Morgan fingerprint density at radius 3 is 2.83 bits per heavy atom. The van der Waals surface area contributed by atoms with E-state index in [1.54, 1.807) is 16.9 Å². The summed E-state index contributed by atoms with van der Waals surface area (Å²) in [5.41, 5.74) is -1.26. The highest BCUT2D eigenvalue weighted by molar-refractivity contribution is 6.30. The van der Waals surface area contributed by atoms with Crippen molar-refractivity contribution in [1.29, 1.82) is 0 Å². The minimum Gasteiger partial charge on any atom is -0.480 e. The molecule has 1 unspecified atom stereocenters. The molecule has 23 heavy (non-hydrogen) atoms. The topological polar surface area (TPSA) is 97.4 Å². The molecular weight excluding hydrogens is 322 g/mol. The molecule has 8 heteroatoms. The van der Waals surface area contributed by atoms with Gasteiger partial charge in [-0.1, -0.05) is 11.6 Å². The smallest absolute Gasteiger partial charge is 0.329 e. The predicted octanol–water partition coefficient (Wildman–Crippen LogP) is 2.16. The van der Waals surface area contributed by atoms with Crippen LogP contribution in [0.15, 0.2) is 28.9 Å². The summed E-state index contributed by atoms with van der Waals surface area (Å²) >= 11 is 5.79. The summed E-state index contributed by atoms with van der Waals surface area (Å²) in [7, 11) is 0. The van der Waals surface area contributed by atoms with Crippen molar-refractivity contribution >= 4 is 23.5 Å². The molecule has 0 saturated heterocycles. The Morgan fingerprint density at radius 2 is 2.26 bits per heavy atom. The van der Waals surface area contributed by atoms with Gasteiger partial charge in [0.05, 0.1) is 17.8 Å². The van der Waals surface area contributed by atoms with Crippen LogP contribution in [0, 0.1) is 5.92 Å². The van der Waals surface area contributed by atoms with Crippen molar-refractivity contribution < 1.29 is 19.1 Å². The quantitative estimate of drug-likeness (QED) is 0.841. The Labute approximate surface area is 137 Å². The van der Waals surface area contributed by atoms with Gasteiger partial charge in [0.2, 0.25) is 0 Å². The van der Waals surface area contributed by atoms with Crippen LogP contribution >= 0.6 is 11.6 Å². The molecular formula is C15H16ClN3O4. The first-order valence-electron chi connectivity index (χ1n) is 7.21. The molecule has 2 heterocycles. The van der Waals surface area contributed by atoms with Crippen LogP contribution in [0.3, 0.4) is 0 Å². The number of nitrogens with zero attached hydrogens (tertiary/aromatic N) is 2. The van der Waals surface area contributed by atoms with Gasteiger partial charge in [0.25, 0.3) is 5.91 Å². The second-order valence-corrected chi connectivity index (χ2v) is 6.29. The van der Waals surface area contributed by atoms with Crippen molar-refractivity contribution in [2.75, 3.05) is 0 Å². The molecule has 0 radical (unpaired) electrons. The summed E-state index contributed by atoms with van der Waals surface area (Å²) in [6.45, 7) is 1.86. The van der Waals surface area contributed by atoms with E-state index < -0.39 is 17.4 Å². The Morgan fingerprint density at radius 1 is 1.52 bits per heavy atom. The number of aliphatic carboxylic acids is 1. The molecule has 1 saturated carbocycles. The van der Waals surface area contributed by atoms with Crippen LogP contribution in [0.25, 0.3) is 0 Å². The molecule has 0 spiro atoms. The van der Waals surface area contributed by atoms with Crippen LogP contribution in [0.2, 0.25) is 5.02 Å². The molecule has 0 aliphatic heterocycles. The summed E-state index contributed by atoms with van der Waals surface area (Å²) in [5.74, 6) is -1.01. The molecule has 0 aromatic carbocycles. The summed E-state index contributed by atoms with van der Waals surface area (Å²) < 4.78 is 7.05. The van der Waals surface area contributed by atoms with Crippen molar-refractivity contribution in [2.45, 2.75) is 31.8 Å². The minimum absolute atomic E-state index is 0.0374. The largest absolute Gasteiger partial charge is 0.480 e. The van der Waals surface area contributed by atoms with E-state index in [4.69, 9.17) is 16.0 Å². The third kappa shape index (κ3) is 3.24. The third-order valence-electron chi connectivity index (χ3n) is 4.02. The van der Waals surface area contributed by atoms with Crippen LogP contribution in [0.5, 0.6) is 0 Å². The highest BCUT2D eigenvalue weighted by atomic mass is 35.5. The highest BCUT2D eigenvalue weighted by Crippen LogP contribution is 2.39. The van der Waals surface area contributed by atoms with Crippen molar-refractivity contribution in [3.8, 4) is 0 Å². The van der Waals surface area contributed by atoms with Gasteiger partial charge in [-0.25, -0.2) is 4.79 Å². The predicted molar refractivity (Wildman–Crippen MR) is 81.3 cm³/mol. The van der Waals surface area contributed by atoms with E-state index in [2.05, 4.69) is 10.4 Å². The number of hydrogen-bond acceptors (Lipinski definition) is 4. The number of furan rings is 1. The first kappa shape index (κ1) is 15.6. The Bertz CT molecular complexity index is 749. The fourth-order valence-corrected chi connectivity index (χ4v) is 2.61. The zero-order valence-corrected chi connectivity index (χ0v) is 13.2. The summed E-state index contributed by atoms with van der Waals surface area (Å²) in [4.78, 5) is 23.7. The Balaban J connectivity index is 1.69. The van der Waals surface area contributed by atoms with Gasteiger partial charge in [-0.3, -0.25) is 9.48 Å². The van der Waals surface area contributed by atoms with Gasteiger partial charge < -0.3 is 14.8 Å². The summed E-state index contributed by atoms with van der Waals surface area (Å²) in [6, 6.07) is 3.17. The molecule has 122 valence electrons. The number of rotatable bonds is 6. The van der Waals surface area contributed by atoms with E-state index in [9.17, 15) is 14.7 Å². The summed E-state index contributed by atoms with van der Waals surface area (Å²) in [6.07, 6.45) is 4.74. The van der Waals surface area contributed by atoms with Crippen LogP contribution in [-0.4, -0.2) is 32.3 Å². The molecule has 1 aliphatic rings. The van der Waals surface area contributed by atoms with Gasteiger partial charge >= 0.3 is 5.97 Å². The number of nitrogens with one attached hydrogen (secondary N) is 1. The number of halogens is 1. The molecule has 1 aliphatic carbocycles. The number of carboxylic acids is 1. The van der Waals surface area contributed by atoms with Crippen molar-refractivity contribution in [3.63, 3.8) is 0 Å². The van der Waals surface area contributed by atoms with E-state index >= 15 is 0 Å². The minimum atomic E-state index is -1.26. The van der Waals surface area contributed by atoms with Crippen molar-refractivity contribution in [3.05, 3.63) is 41.1 Å². The Hall–Kier alpha value is -2.28. The van der Waals surface area contributed by atoms with Gasteiger partial charge in [0, 0.05) is 6.20 Å². The lowest BCUT2D eigenvalue weighted by atomic mass is 9.96. The molecule has 0 bridgehead atoms. The van der Waals surface area contributed by atoms with Crippen LogP contribution in [0.1, 0.15) is 36.1 Å². The van der Waals surface area contributed by atoms with Crippen LogP contribution in [0.4, 0.5) is 0 Å². The zero-order chi connectivity index (χ0) is 16.6. The fraction of sp³-hybridized carbons (Fsp3) is 0.400. The number of carbonyl (C=O) groups is 2. The van der Waals surface area contributed by atoms with Gasteiger partial charge in [0.1, 0.15) is 11.3 Å². The zero-order valence-electron chi connectivity index (χ0n) is 12.5. The number of hydrogen-bond donors (Lipinski definition) is 2. The van der Waals surface area contributed by atoms with Gasteiger partial charge in [0.15, 0.2) is 5.76 Å². The second kappa shape index (κ2) is 5.73. The van der Waals surface area contributed by atoms with E-state index in [0.717, 1.165) is 12.8 Å². The first-order chi connectivity index (χ1) is 10.9. The maximum atomic E-state index is 12.3. The van der Waals surface area contributed by atoms with E-state index in [1.807, 2.05) is 0 Å². The fourth-order valence-electron chi connectivity index (χ4n) is 2.46. The normalized spacial score (nSPS) is 16.8. The molecule has 1 atom stereocenters. The Kier molecular flexibility index (Phi) is 3.89. The average Bonchev–Trinajstić information content (AvgIpc) is 3.13. The van der Waals surface area contributed by atoms with E-state index in [-0.39, 0.29) is 11.7 Å². The summed E-state index contributed by atoms with van der Waals surface area (Å²) in [5, 5.41) is 16.5. The monoisotopic (exact) mass is 337 g/mol. The number of carboxylic acid groups (broad SMARTS) is 1. The third-order valence-corrected chi connectivity index (χ3v) is 4.21. The molecule has 3 rings (SSSR count). The second-order valence-electron chi connectivity index (χ2n) is 5.86. The average molecular weight is 338 g/mol. The number of carbonyl (C=O) groups excluding carboxylic acids is 1. The van der Waals surface area contributed by atoms with Crippen molar-refractivity contribution in [1.82, 2.24) is 15.1 Å². The highest BCUT2D eigenvalue weighted by Gasteiger charge is 2.48. The molecule has 7 nitrogen and oxygen atoms in total. The molecule has 2 N–H and O–H groups in total. The number of aromatic nitrogens is 2. The molecule has 1 fully saturated rings. The van der Waals surface area contributed by atoms with Gasteiger partial charge in [-0.05, 0) is 37.8 Å². The lowest BCUT2D eigenvalue weighted by Crippen LogP contribution is -2.53. The van der Waals surface area contributed by atoms with E-state index in [0.29, 0.717) is 17.3 Å².